The van der Waals surface area contributed by atoms with Gasteiger partial charge in [0.25, 0.3) is 0 Å². The minimum absolute atomic E-state index is 0.242. The average molecular weight is 276 g/mol. The highest BCUT2D eigenvalue weighted by Gasteiger charge is 2.21. The Hall–Kier alpha value is -2.55. The second-order valence-electron chi connectivity index (χ2n) is 5.89. The molecule has 3 heteroatoms. The molecule has 1 aliphatic heterocycles. The number of hydrogen-bond acceptors (Lipinski definition) is 2. The monoisotopic (exact) mass is 276 g/mol. The van der Waals surface area contributed by atoms with Gasteiger partial charge < -0.3 is 9.72 Å². The molecular weight excluding hydrogens is 260 g/mol. The third-order valence-electron chi connectivity index (χ3n) is 3.71. The first-order chi connectivity index (χ1) is 10.1. The van der Waals surface area contributed by atoms with Crippen LogP contribution in [-0.2, 0) is 0 Å². The van der Waals surface area contributed by atoms with Gasteiger partial charge in [-0.2, -0.15) is 0 Å². The van der Waals surface area contributed by atoms with Gasteiger partial charge in [0.05, 0.1) is 11.0 Å². The minimum Gasteiger partial charge on any atom is -0.483 e. The second-order valence-corrected chi connectivity index (χ2v) is 5.89. The predicted octanol–water partition coefficient (Wildman–Crippen LogP) is 4.41. The summed E-state index contributed by atoms with van der Waals surface area (Å²) in [4.78, 5) is 8.00. The topological polar surface area (TPSA) is 37.9 Å². The third kappa shape index (κ3) is 2.11. The van der Waals surface area contributed by atoms with E-state index in [1.165, 1.54) is 0 Å². The zero-order chi connectivity index (χ0) is 14.4. The summed E-state index contributed by atoms with van der Waals surface area (Å²) in [7, 11) is 0. The quantitative estimate of drug-likeness (QED) is 0.714. The van der Waals surface area contributed by atoms with Gasteiger partial charge >= 0.3 is 0 Å². The maximum absolute atomic E-state index is 5.95. The molecule has 0 aliphatic carbocycles. The maximum Gasteiger partial charge on any atom is 0.138 e. The Morgan fingerprint density at radius 1 is 1.10 bits per heavy atom. The highest BCUT2D eigenvalue weighted by atomic mass is 16.5. The van der Waals surface area contributed by atoms with Crippen molar-refractivity contribution in [2.75, 3.05) is 0 Å². The fourth-order valence-corrected chi connectivity index (χ4v) is 2.62. The number of para-hydroxylation sites is 2. The molecule has 3 aromatic rings. The Bertz CT molecular complexity index is 826. The van der Waals surface area contributed by atoms with Crippen LogP contribution in [0.1, 0.15) is 19.4 Å². The smallest absolute Gasteiger partial charge is 0.138 e. The van der Waals surface area contributed by atoms with Crippen molar-refractivity contribution in [1.82, 2.24) is 9.97 Å². The standard InChI is InChI=1S/C18H16N2O/c1-18(2)10-9-12-11-13(7-8-16(12)21-18)17-19-14-5-3-4-6-15(14)20-17/h3-11H,1-2H3,(H,19,20). The lowest BCUT2D eigenvalue weighted by Crippen LogP contribution is -2.27. The van der Waals surface area contributed by atoms with Crippen molar-refractivity contribution in [2.45, 2.75) is 19.4 Å². The zero-order valence-electron chi connectivity index (χ0n) is 12.1. The van der Waals surface area contributed by atoms with E-state index in [2.05, 4.69) is 42.0 Å². The number of imidazole rings is 1. The van der Waals surface area contributed by atoms with E-state index in [1.807, 2.05) is 36.4 Å². The Morgan fingerprint density at radius 3 is 2.81 bits per heavy atom. The van der Waals surface area contributed by atoms with Gasteiger partial charge in [-0.05, 0) is 50.3 Å². The Kier molecular flexibility index (Phi) is 2.45. The highest BCUT2D eigenvalue weighted by molar-refractivity contribution is 5.80. The summed E-state index contributed by atoms with van der Waals surface area (Å²) in [6.07, 6.45) is 4.20. The fraction of sp³-hybridized carbons (Fsp3) is 0.167. The summed E-state index contributed by atoms with van der Waals surface area (Å²) < 4.78 is 5.95. The van der Waals surface area contributed by atoms with Crippen molar-refractivity contribution in [1.29, 1.82) is 0 Å². The summed E-state index contributed by atoms with van der Waals surface area (Å²) in [5, 5.41) is 0. The van der Waals surface area contributed by atoms with Crippen LogP contribution in [0.15, 0.2) is 48.5 Å². The van der Waals surface area contributed by atoms with Gasteiger partial charge in [-0.1, -0.05) is 18.2 Å². The van der Waals surface area contributed by atoms with Gasteiger partial charge in [-0.3, -0.25) is 0 Å². The van der Waals surface area contributed by atoms with Crippen LogP contribution >= 0.6 is 0 Å². The molecule has 0 saturated heterocycles. The van der Waals surface area contributed by atoms with Crippen LogP contribution in [-0.4, -0.2) is 15.6 Å². The lowest BCUT2D eigenvalue weighted by Gasteiger charge is -2.27. The largest absolute Gasteiger partial charge is 0.483 e. The first-order valence-electron chi connectivity index (χ1n) is 7.08. The molecule has 0 bridgehead atoms. The van der Waals surface area contributed by atoms with E-state index in [0.717, 1.165) is 33.7 Å². The second kappa shape index (κ2) is 4.22. The van der Waals surface area contributed by atoms with E-state index in [-0.39, 0.29) is 5.60 Å². The van der Waals surface area contributed by atoms with Gasteiger partial charge in [-0.15, -0.1) is 0 Å². The normalized spacial score (nSPS) is 15.7. The number of aromatic amines is 1. The molecule has 0 atom stereocenters. The van der Waals surface area contributed by atoms with Crippen LogP contribution in [0, 0.1) is 0 Å². The molecule has 0 radical (unpaired) electrons. The van der Waals surface area contributed by atoms with E-state index >= 15 is 0 Å². The molecule has 1 aromatic heterocycles. The number of aromatic nitrogens is 2. The predicted molar refractivity (Wildman–Crippen MR) is 85.3 cm³/mol. The van der Waals surface area contributed by atoms with E-state index < -0.39 is 0 Å². The number of nitrogens with zero attached hydrogens (tertiary/aromatic N) is 1. The van der Waals surface area contributed by atoms with E-state index in [0.29, 0.717) is 0 Å². The third-order valence-corrected chi connectivity index (χ3v) is 3.71. The summed E-state index contributed by atoms with van der Waals surface area (Å²) in [6.45, 7) is 4.11. The molecule has 104 valence electrons. The number of benzene rings is 2. The van der Waals surface area contributed by atoms with Crippen LogP contribution in [0.25, 0.3) is 28.5 Å². The number of ether oxygens (including phenoxy) is 1. The van der Waals surface area contributed by atoms with Crippen molar-refractivity contribution >= 4 is 17.1 Å². The number of rotatable bonds is 1. The van der Waals surface area contributed by atoms with Crippen molar-refractivity contribution in [2.24, 2.45) is 0 Å². The molecule has 3 nitrogen and oxygen atoms in total. The maximum atomic E-state index is 5.95. The first kappa shape index (κ1) is 12.2. The first-order valence-corrected chi connectivity index (χ1v) is 7.08. The van der Waals surface area contributed by atoms with Crippen molar-refractivity contribution in [3.63, 3.8) is 0 Å². The number of hydrogen-bond donors (Lipinski definition) is 1. The Balaban J connectivity index is 1.80. The number of fused-ring (bicyclic) bond motifs is 2. The summed E-state index contributed by atoms with van der Waals surface area (Å²) in [5.74, 6) is 1.81. The zero-order valence-corrected chi connectivity index (χ0v) is 12.1. The van der Waals surface area contributed by atoms with Crippen LogP contribution in [0.5, 0.6) is 5.75 Å². The SMILES string of the molecule is CC1(C)C=Cc2cc(-c3nc4ccccc4[nH]3)ccc2O1. The van der Waals surface area contributed by atoms with Gasteiger partial charge in [0.15, 0.2) is 0 Å². The highest BCUT2D eigenvalue weighted by Crippen LogP contribution is 2.33. The molecule has 21 heavy (non-hydrogen) atoms. The summed E-state index contributed by atoms with van der Waals surface area (Å²) in [6, 6.07) is 14.2. The Morgan fingerprint density at radius 2 is 1.95 bits per heavy atom. The van der Waals surface area contributed by atoms with E-state index in [4.69, 9.17) is 4.74 Å². The van der Waals surface area contributed by atoms with Gasteiger partial charge in [0.2, 0.25) is 0 Å². The molecule has 1 N–H and O–H groups in total. The number of nitrogens with one attached hydrogen (secondary N) is 1. The Labute approximate surface area is 123 Å². The minimum atomic E-state index is -0.242. The molecule has 2 aromatic carbocycles. The lowest BCUT2D eigenvalue weighted by molar-refractivity contribution is 0.159. The average Bonchev–Trinajstić information content (AvgIpc) is 2.89. The van der Waals surface area contributed by atoms with Gasteiger partial charge in [0, 0.05) is 11.1 Å². The molecule has 0 spiro atoms. The van der Waals surface area contributed by atoms with Crippen LogP contribution in [0.4, 0.5) is 0 Å². The van der Waals surface area contributed by atoms with Crippen molar-refractivity contribution < 1.29 is 4.74 Å². The van der Waals surface area contributed by atoms with E-state index in [9.17, 15) is 0 Å². The molecule has 0 fully saturated rings. The lowest BCUT2D eigenvalue weighted by atomic mass is 10.0. The van der Waals surface area contributed by atoms with Gasteiger partial charge in [-0.25, -0.2) is 4.98 Å². The van der Waals surface area contributed by atoms with Crippen LogP contribution < -0.4 is 4.74 Å². The molecule has 0 saturated carbocycles. The molecular formula is C18H16N2O. The van der Waals surface area contributed by atoms with Crippen molar-refractivity contribution in [3.8, 4) is 17.1 Å². The summed E-state index contributed by atoms with van der Waals surface area (Å²) >= 11 is 0. The van der Waals surface area contributed by atoms with Gasteiger partial charge in [0.1, 0.15) is 17.2 Å². The van der Waals surface area contributed by atoms with Crippen molar-refractivity contribution in [3.05, 3.63) is 54.1 Å². The molecule has 0 amide bonds. The molecule has 1 aliphatic rings. The molecule has 0 unspecified atom stereocenters. The molecule has 2 heterocycles. The van der Waals surface area contributed by atoms with E-state index in [1.54, 1.807) is 0 Å². The number of H-pyrrole nitrogens is 1. The van der Waals surface area contributed by atoms with Crippen LogP contribution in [0.2, 0.25) is 0 Å². The van der Waals surface area contributed by atoms with Crippen LogP contribution in [0.3, 0.4) is 0 Å². The molecule has 4 rings (SSSR count). The summed E-state index contributed by atoms with van der Waals surface area (Å²) in [5.41, 5.74) is 3.95. The fourth-order valence-electron chi connectivity index (χ4n) is 2.62.